The maximum Gasteiger partial charge on any atom is 0.336 e. The van der Waals surface area contributed by atoms with Gasteiger partial charge in [-0.25, -0.2) is 0 Å². The molecule has 0 amide bonds. The highest BCUT2D eigenvalue weighted by Gasteiger charge is 2.32. The second-order valence-electron chi connectivity index (χ2n) is 4.84. The molecule has 19 heavy (non-hydrogen) atoms. The minimum Gasteiger partial charge on any atom is -0.389 e. The second-order valence-corrected chi connectivity index (χ2v) is 9.07. The first-order valence-corrected chi connectivity index (χ1v) is 9.53. The van der Waals surface area contributed by atoms with Gasteiger partial charge in [-0.2, -0.15) is 0 Å². The normalized spacial score (nSPS) is 16.0. The topological polar surface area (TPSA) is 94.8 Å². The maximum atomic E-state index is 11.5. The quantitative estimate of drug-likeness (QED) is 0.473. The third kappa shape index (κ3) is 8.56. The molecule has 0 heterocycles. The fraction of sp³-hybridized carbons (Fsp3) is 0.667. The van der Waals surface area contributed by atoms with Gasteiger partial charge in [0.1, 0.15) is 13.2 Å². The van der Waals surface area contributed by atoms with Crippen molar-refractivity contribution in [3.63, 3.8) is 0 Å². The van der Waals surface area contributed by atoms with Crippen LogP contribution < -0.4 is 0 Å². The zero-order valence-electron chi connectivity index (χ0n) is 11.7. The van der Waals surface area contributed by atoms with Crippen molar-refractivity contribution in [2.45, 2.75) is 45.4 Å². The molecule has 0 spiro atoms. The summed E-state index contributed by atoms with van der Waals surface area (Å²) in [5, 5.41) is 7.55. The molecule has 0 aromatic rings. The third-order valence-electron chi connectivity index (χ3n) is 2.71. The first-order chi connectivity index (χ1) is 8.68. The van der Waals surface area contributed by atoms with Crippen LogP contribution in [0.5, 0.6) is 0 Å². The molecule has 3 N–H and O–H groups in total. The summed E-state index contributed by atoms with van der Waals surface area (Å²) >= 11 is 0. The van der Waals surface area contributed by atoms with Crippen molar-refractivity contribution in [3.8, 4) is 0 Å². The van der Waals surface area contributed by atoms with Crippen molar-refractivity contribution in [2.24, 2.45) is 0 Å². The molecule has 0 saturated heterocycles. The van der Waals surface area contributed by atoms with E-state index >= 15 is 0 Å². The van der Waals surface area contributed by atoms with Gasteiger partial charge in [-0.3, -0.25) is 4.57 Å². The molecule has 0 aliphatic heterocycles. The molecule has 0 radical (unpaired) electrons. The van der Waals surface area contributed by atoms with E-state index in [1.54, 1.807) is 6.08 Å². The molecule has 0 saturated carbocycles. The van der Waals surface area contributed by atoms with Crippen LogP contribution in [-0.4, -0.2) is 26.6 Å². The maximum absolute atomic E-state index is 11.5. The molecule has 0 rings (SSSR count). The molecule has 0 aromatic heterocycles. The largest absolute Gasteiger partial charge is 0.389 e. The van der Waals surface area contributed by atoms with Crippen LogP contribution in [0.15, 0.2) is 23.3 Å². The Labute approximate surface area is 115 Å². The van der Waals surface area contributed by atoms with E-state index in [-0.39, 0.29) is 6.42 Å². The fourth-order valence-corrected chi connectivity index (χ4v) is 4.28. The van der Waals surface area contributed by atoms with Crippen molar-refractivity contribution in [3.05, 3.63) is 23.3 Å². The summed E-state index contributed by atoms with van der Waals surface area (Å²) in [7, 11) is -7.10. The Kier molecular flexibility index (Phi) is 8.80. The summed E-state index contributed by atoms with van der Waals surface area (Å²) in [6.07, 6.45) is 4.86. The highest BCUT2D eigenvalue weighted by atomic mass is 31.2. The summed E-state index contributed by atoms with van der Waals surface area (Å²) in [6, 6.07) is 0. The summed E-state index contributed by atoms with van der Waals surface area (Å²) in [4.78, 5) is 18.3. The molecular formula is C12H24O5P2. The molecule has 2 atom stereocenters. The van der Waals surface area contributed by atoms with Crippen LogP contribution in [0.1, 0.15) is 40.0 Å². The summed E-state index contributed by atoms with van der Waals surface area (Å²) < 4.78 is 22.7. The number of allylic oxidation sites excluding steroid dienone is 4. The Morgan fingerprint density at radius 3 is 2.26 bits per heavy atom. The van der Waals surface area contributed by atoms with Gasteiger partial charge in [-0.1, -0.05) is 23.3 Å². The number of hydrogen-bond donors (Lipinski definition) is 3. The molecule has 7 heteroatoms. The standard InChI is InChI=1S/C12H24O5P2/c1-10(2)5-4-6-11(3)7-8-12(18(14)9-13)19(15,16)17/h5,7,12-13,18H,4,6,8-9H2,1-3H3,(H2,15,16,17)/b11-7+. The minimum atomic E-state index is -4.43. The number of aliphatic hydroxyl groups is 1. The Hall–Kier alpha value is -0.180. The lowest BCUT2D eigenvalue weighted by Gasteiger charge is -2.15. The molecule has 0 fully saturated rings. The molecular weight excluding hydrogens is 286 g/mol. The van der Waals surface area contributed by atoms with Crippen LogP contribution >= 0.6 is 15.4 Å². The van der Waals surface area contributed by atoms with Crippen LogP contribution in [0.3, 0.4) is 0 Å². The number of rotatable bonds is 8. The van der Waals surface area contributed by atoms with Gasteiger partial charge in [0, 0.05) is 0 Å². The average molecular weight is 310 g/mol. The smallest absolute Gasteiger partial charge is 0.336 e. The van der Waals surface area contributed by atoms with Gasteiger partial charge in [-0.15, -0.1) is 0 Å². The Morgan fingerprint density at radius 1 is 1.26 bits per heavy atom. The van der Waals surface area contributed by atoms with Gasteiger partial charge >= 0.3 is 7.60 Å². The lowest BCUT2D eigenvalue weighted by atomic mass is 10.1. The van der Waals surface area contributed by atoms with E-state index in [1.807, 2.05) is 20.8 Å². The predicted octanol–water partition coefficient (Wildman–Crippen LogP) is 3.08. The zero-order valence-corrected chi connectivity index (χ0v) is 13.6. The van der Waals surface area contributed by atoms with E-state index in [0.717, 1.165) is 18.4 Å². The molecule has 5 nitrogen and oxygen atoms in total. The third-order valence-corrected chi connectivity index (χ3v) is 6.90. The number of aliphatic hydroxyl groups excluding tert-OH is 1. The molecule has 0 aliphatic carbocycles. The number of hydrogen-bond acceptors (Lipinski definition) is 3. The van der Waals surface area contributed by atoms with Crippen LogP contribution in [-0.2, 0) is 9.13 Å². The first kappa shape index (κ1) is 18.8. The van der Waals surface area contributed by atoms with E-state index < -0.39 is 27.1 Å². The van der Waals surface area contributed by atoms with E-state index in [2.05, 4.69) is 6.08 Å². The van der Waals surface area contributed by atoms with Gasteiger partial charge < -0.3 is 19.5 Å². The van der Waals surface area contributed by atoms with Crippen molar-refractivity contribution in [2.75, 3.05) is 6.35 Å². The monoisotopic (exact) mass is 310 g/mol. The van der Waals surface area contributed by atoms with Crippen molar-refractivity contribution in [1.82, 2.24) is 0 Å². The van der Waals surface area contributed by atoms with Crippen LogP contribution in [0.2, 0.25) is 0 Å². The van der Waals surface area contributed by atoms with E-state index in [4.69, 9.17) is 14.9 Å². The van der Waals surface area contributed by atoms with Crippen molar-refractivity contribution >= 4 is 15.4 Å². The van der Waals surface area contributed by atoms with Crippen molar-refractivity contribution < 1.29 is 24.0 Å². The highest BCUT2D eigenvalue weighted by Crippen LogP contribution is 2.54. The Balaban J connectivity index is 4.58. The second kappa shape index (κ2) is 8.89. The predicted molar refractivity (Wildman–Crippen MR) is 79.0 cm³/mol. The van der Waals surface area contributed by atoms with Gasteiger partial charge in [0.2, 0.25) is 0 Å². The van der Waals surface area contributed by atoms with Gasteiger partial charge in [0.25, 0.3) is 0 Å². The molecule has 2 unspecified atom stereocenters. The summed E-state index contributed by atoms with van der Waals surface area (Å²) in [6.45, 7) is 5.90. The van der Waals surface area contributed by atoms with Gasteiger partial charge in [0.05, 0.1) is 6.35 Å². The van der Waals surface area contributed by atoms with Crippen molar-refractivity contribution in [1.29, 1.82) is 0 Å². The molecule has 112 valence electrons. The lowest BCUT2D eigenvalue weighted by molar-refractivity contribution is 0.352. The van der Waals surface area contributed by atoms with E-state index in [1.165, 1.54) is 5.57 Å². The lowest BCUT2D eigenvalue weighted by Crippen LogP contribution is -2.04. The van der Waals surface area contributed by atoms with Gasteiger partial charge in [0.15, 0.2) is 0 Å². The van der Waals surface area contributed by atoms with Crippen LogP contribution in [0.25, 0.3) is 0 Å². The molecule has 0 bridgehead atoms. The minimum absolute atomic E-state index is 0.0449. The molecule has 0 aliphatic rings. The zero-order chi connectivity index (χ0) is 15.1. The average Bonchev–Trinajstić information content (AvgIpc) is 2.26. The van der Waals surface area contributed by atoms with E-state index in [0.29, 0.717) is 0 Å². The van der Waals surface area contributed by atoms with Crippen LogP contribution in [0.4, 0.5) is 0 Å². The molecule has 0 aromatic carbocycles. The summed E-state index contributed by atoms with van der Waals surface area (Å²) in [5.74, 6) is 0. The SMILES string of the molecule is CC(C)=CCC/C(C)=C/CC([PH](=O)CO)P(=O)(O)O. The van der Waals surface area contributed by atoms with Gasteiger partial charge in [-0.05, 0) is 40.0 Å². The Bertz CT molecular complexity index is 404. The van der Waals surface area contributed by atoms with E-state index in [9.17, 15) is 9.13 Å². The van der Waals surface area contributed by atoms with Crippen LogP contribution in [0, 0.1) is 0 Å². The fourth-order valence-electron chi connectivity index (χ4n) is 1.57. The Morgan fingerprint density at radius 2 is 1.84 bits per heavy atom. The summed E-state index contributed by atoms with van der Waals surface area (Å²) in [5.41, 5.74) is 2.23. The first-order valence-electron chi connectivity index (χ1n) is 6.16. The highest BCUT2D eigenvalue weighted by molar-refractivity contribution is 7.67.